The molecular formula is C19H29N5O. The zero-order valence-corrected chi connectivity index (χ0v) is 15.8. The Morgan fingerprint density at radius 1 is 1.32 bits per heavy atom. The Morgan fingerprint density at radius 2 is 2.04 bits per heavy atom. The highest BCUT2D eigenvalue weighted by atomic mass is 16.2. The molecule has 1 aromatic heterocycles. The highest BCUT2D eigenvalue weighted by molar-refractivity contribution is 5.83. The van der Waals surface area contributed by atoms with Crippen molar-refractivity contribution < 1.29 is 4.79 Å². The summed E-state index contributed by atoms with van der Waals surface area (Å²) in [6.07, 6.45) is 3.56. The van der Waals surface area contributed by atoms with Crippen LogP contribution < -0.4 is 10.6 Å². The van der Waals surface area contributed by atoms with Crippen LogP contribution in [0.2, 0.25) is 0 Å². The average molecular weight is 343 g/mol. The van der Waals surface area contributed by atoms with E-state index >= 15 is 0 Å². The molecule has 2 aromatic rings. The number of amides is 1. The Morgan fingerprint density at radius 3 is 2.64 bits per heavy atom. The second-order valence-corrected chi connectivity index (χ2v) is 6.72. The summed E-state index contributed by atoms with van der Waals surface area (Å²) in [6.45, 7) is 5.77. The van der Waals surface area contributed by atoms with Crippen molar-refractivity contribution in [2.75, 3.05) is 14.1 Å². The van der Waals surface area contributed by atoms with Gasteiger partial charge in [0.25, 0.3) is 0 Å². The molecule has 0 fully saturated rings. The fourth-order valence-electron chi connectivity index (χ4n) is 2.64. The molecule has 2 rings (SSSR count). The Labute approximate surface area is 150 Å². The van der Waals surface area contributed by atoms with Crippen molar-refractivity contribution in [1.29, 1.82) is 0 Å². The fourth-order valence-corrected chi connectivity index (χ4v) is 2.64. The number of likely N-dealkylation sites (N-methyl/N-ethyl adjacent to an activating group) is 1. The summed E-state index contributed by atoms with van der Waals surface area (Å²) < 4.78 is 1.70. The Kier molecular flexibility index (Phi) is 6.73. The Hall–Kier alpha value is -2.18. The number of nitrogens with zero attached hydrogens (tertiary/aromatic N) is 3. The van der Waals surface area contributed by atoms with Gasteiger partial charge in [-0.1, -0.05) is 24.3 Å². The van der Waals surface area contributed by atoms with Gasteiger partial charge in [-0.3, -0.25) is 14.4 Å². The number of benzene rings is 1. The topological polar surface area (TPSA) is 62.2 Å². The number of aryl methyl sites for hydroxylation is 1. The van der Waals surface area contributed by atoms with Crippen molar-refractivity contribution in [3.8, 4) is 0 Å². The first-order valence-corrected chi connectivity index (χ1v) is 8.62. The molecule has 1 unspecified atom stereocenters. The van der Waals surface area contributed by atoms with Gasteiger partial charge in [-0.15, -0.1) is 0 Å². The fraction of sp³-hybridized carbons (Fsp3) is 0.474. The van der Waals surface area contributed by atoms with Gasteiger partial charge in [-0.2, -0.15) is 5.10 Å². The summed E-state index contributed by atoms with van der Waals surface area (Å²) in [5, 5.41) is 10.2. The van der Waals surface area contributed by atoms with Gasteiger partial charge in [-0.25, -0.2) is 0 Å². The maximum Gasteiger partial charge on any atom is 0.242 e. The quantitative estimate of drug-likeness (QED) is 0.768. The van der Waals surface area contributed by atoms with E-state index in [1.165, 1.54) is 5.56 Å². The average Bonchev–Trinajstić information content (AvgIpc) is 3.00. The van der Waals surface area contributed by atoms with Crippen LogP contribution in [0, 0.1) is 0 Å². The van der Waals surface area contributed by atoms with Crippen molar-refractivity contribution in [1.82, 2.24) is 25.3 Å². The summed E-state index contributed by atoms with van der Waals surface area (Å²) in [5.74, 6) is -0.0554. The SMILES string of the molecule is CNC(C(=O)NCc1cccc(CN(C)C(C)C)c1)c1cnn(C)c1. The highest BCUT2D eigenvalue weighted by Crippen LogP contribution is 2.13. The molecule has 25 heavy (non-hydrogen) atoms. The van der Waals surface area contributed by atoms with Gasteiger partial charge in [0.05, 0.1) is 6.20 Å². The molecule has 0 radical (unpaired) electrons. The second-order valence-electron chi connectivity index (χ2n) is 6.72. The molecule has 0 aliphatic rings. The zero-order chi connectivity index (χ0) is 18.4. The van der Waals surface area contributed by atoms with E-state index in [-0.39, 0.29) is 5.91 Å². The molecule has 2 N–H and O–H groups in total. The summed E-state index contributed by atoms with van der Waals surface area (Å²) in [7, 11) is 5.73. The molecule has 1 atom stereocenters. The van der Waals surface area contributed by atoms with Gasteiger partial charge in [0, 0.05) is 37.9 Å². The number of carbonyl (C=O) groups excluding carboxylic acids is 1. The predicted molar refractivity (Wildman–Crippen MR) is 99.9 cm³/mol. The van der Waals surface area contributed by atoms with E-state index in [2.05, 4.69) is 53.7 Å². The van der Waals surface area contributed by atoms with Crippen LogP contribution in [0.5, 0.6) is 0 Å². The summed E-state index contributed by atoms with van der Waals surface area (Å²) >= 11 is 0. The number of aromatic nitrogens is 2. The molecule has 0 aliphatic heterocycles. The molecule has 1 amide bonds. The normalized spacial score (nSPS) is 12.6. The maximum atomic E-state index is 12.5. The van der Waals surface area contributed by atoms with Crippen molar-refractivity contribution >= 4 is 5.91 Å². The summed E-state index contributed by atoms with van der Waals surface area (Å²) in [4.78, 5) is 14.8. The zero-order valence-electron chi connectivity index (χ0n) is 15.8. The highest BCUT2D eigenvalue weighted by Gasteiger charge is 2.19. The molecule has 1 heterocycles. The van der Waals surface area contributed by atoms with E-state index in [1.807, 2.05) is 25.4 Å². The first-order valence-electron chi connectivity index (χ1n) is 8.62. The minimum Gasteiger partial charge on any atom is -0.350 e. The minimum absolute atomic E-state index is 0.0554. The van der Waals surface area contributed by atoms with E-state index in [9.17, 15) is 4.79 Å². The van der Waals surface area contributed by atoms with Crippen LogP contribution in [0.25, 0.3) is 0 Å². The standard InChI is InChI=1S/C19H29N5O/c1-14(2)23(4)12-16-8-6-7-15(9-16)10-21-19(25)18(20-3)17-11-22-24(5)13-17/h6-9,11,13-14,18,20H,10,12H2,1-5H3,(H,21,25). The summed E-state index contributed by atoms with van der Waals surface area (Å²) in [6, 6.07) is 8.45. The maximum absolute atomic E-state index is 12.5. The third-order valence-electron chi connectivity index (χ3n) is 4.38. The van der Waals surface area contributed by atoms with Gasteiger partial charge in [0.1, 0.15) is 6.04 Å². The number of hydrogen-bond donors (Lipinski definition) is 2. The number of nitrogens with one attached hydrogen (secondary N) is 2. The number of rotatable bonds is 8. The smallest absolute Gasteiger partial charge is 0.242 e. The Bertz CT molecular complexity index is 695. The van der Waals surface area contributed by atoms with Crippen LogP contribution in [0.1, 0.15) is 36.6 Å². The molecule has 0 spiro atoms. The summed E-state index contributed by atoms with van der Waals surface area (Å²) in [5.41, 5.74) is 3.21. The number of hydrogen-bond acceptors (Lipinski definition) is 4. The van der Waals surface area contributed by atoms with Gasteiger partial charge >= 0.3 is 0 Å². The molecule has 0 bridgehead atoms. The van der Waals surface area contributed by atoms with Crippen LogP contribution in [-0.2, 0) is 24.9 Å². The lowest BCUT2D eigenvalue weighted by Gasteiger charge is -2.21. The van der Waals surface area contributed by atoms with Gasteiger partial charge in [-0.05, 0) is 39.1 Å². The molecule has 136 valence electrons. The van der Waals surface area contributed by atoms with Gasteiger partial charge < -0.3 is 10.6 Å². The lowest BCUT2D eigenvalue weighted by molar-refractivity contribution is -0.123. The second kappa shape index (κ2) is 8.78. The van der Waals surface area contributed by atoms with Crippen LogP contribution in [0.4, 0.5) is 0 Å². The van der Waals surface area contributed by atoms with E-state index < -0.39 is 6.04 Å². The van der Waals surface area contributed by atoms with Crippen molar-refractivity contribution in [3.63, 3.8) is 0 Å². The van der Waals surface area contributed by atoms with Crippen molar-refractivity contribution in [3.05, 3.63) is 53.3 Å². The molecule has 6 nitrogen and oxygen atoms in total. The molecule has 0 saturated heterocycles. The van der Waals surface area contributed by atoms with Crippen molar-refractivity contribution in [2.24, 2.45) is 7.05 Å². The van der Waals surface area contributed by atoms with Crippen LogP contribution in [0.15, 0.2) is 36.7 Å². The van der Waals surface area contributed by atoms with E-state index in [0.717, 1.165) is 17.7 Å². The minimum atomic E-state index is -0.399. The molecule has 1 aromatic carbocycles. The molecule has 0 saturated carbocycles. The van der Waals surface area contributed by atoms with Crippen molar-refractivity contribution in [2.45, 2.75) is 39.0 Å². The van der Waals surface area contributed by atoms with E-state index in [1.54, 1.807) is 17.9 Å². The van der Waals surface area contributed by atoms with E-state index in [0.29, 0.717) is 12.6 Å². The van der Waals surface area contributed by atoms with Gasteiger partial charge in [0.2, 0.25) is 5.91 Å². The largest absolute Gasteiger partial charge is 0.350 e. The molecular weight excluding hydrogens is 314 g/mol. The number of carbonyl (C=O) groups is 1. The molecule has 0 aliphatic carbocycles. The van der Waals surface area contributed by atoms with Crippen LogP contribution in [0.3, 0.4) is 0 Å². The first kappa shape index (κ1) is 19.1. The lowest BCUT2D eigenvalue weighted by atomic mass is 10.1. The third kappa shape index (κ3) is 5.41. The van der Waals surface area contributed by atoms with E-state index in [4.69, 9.17) is 0 Å². The van der Waals surface area contributed by atoms with Crippen LogP contribution in [-0.4, -0.2) is 40.7 Å². The third-order valence-corrected chi connectivity index (χ3v) is 4.38. The lowest BCUT2D eigenvalue weighted by Crippen LogP contribution is -2.35. The molecule has 6 heteroatoms. The monoisotopic (exact) mass is 343 g/mol. The predicted octanol–water partition coefficient (Wildman–Crippen LogP) is 1.84. The van der Waals surface area contributed by atoms with Gasteiger partial charge in [0.15, 0.2) is 0 Å². The Balaban J connectivity index is 1.97. The first-order chi connectivity index (χ1) is 11.9. The van der Waals surface area contributed by atoms with Crippen LogP contribution >= 0.6 is 0 Å².